The largest absolute Gasteiger partial charge is 0.255 e. The lowest BCUT2D eigenvalue weighted by atomic mass is 9.89. The number of hydrogen-bond acceptors (Lipinski definition) is 2. The van der Waals surface area contributed by atoms with Gasteiger partial charge in [-0.25, -0.2) is 5.01 Å². The third-order valence-corrected chi connectivity index (χ3v) is 2.72. The van der Waals surface area contributed by atoms with Gasteiger partial charge in [-0.2, -0.15) is 0 Å². The molecule has 1 aliphatic heterocycles. The normalized spacial score (nSPS) is 34.1. The minimum atomic E-state index is 0.850. The van der Waals surface area contributed by atoms with Gasteiger partial charge in [0.25, 0.3) is 0 Å². The Morgan fingerprint density at radius 2 is 2.09 bits per heavy atom. The number of hydrazine groups is 1. The molecule has 0 aromatic rings. The van der Waals surface area contributed by atoms with Crippen molar-refractivity contribution in [3.8, 4) is 0 Å². The quantitative estimate of drug-likeness (QED) is 0.651. The topological polar surface area (TPSA) is 15.3 Å². The molecule has 1 aliphatic rings. The Kier molecular flexibility index (Phi) is 3.34. The van der Waals surface area contributed by atoms with E-state index in [9.17, 15) is 0 Å². The van der Waals surface area contributed by atoms with Crippen LogP contribution in [0.25, 0.3) is 0 Å². The second-order valence-electron chi connectivity index (χ2n) is 3.70. The molecule has 2 atom stereocenters. The summed E-state index contributed by atoms with van der Waals surface area (Å²) in [5, 5.41) is 2.35. The molecule has 1 heterocycles. The van der Waals surface area contributed by atoms with E-state index in [1.54, 1.807) is 0 Å². The second kappa shape index (κ2) is 4.07. The first kappa shape index (κ1) is 9.01. The van der Waals surface area contributed by atoms with E-state index in [1.807, 2.05) is 0 Å². The molecule has 1 N–H and O–H groups in total. The fourth-order valence-corrected chi connectivity index (χ4v) is 1.63. The van der Waals surface area contributed by atoms with Crippen LogP contribution in [0.15, 0.2) is 0 Å². The van der Waals surface area contributed by atoms with E-state index in [0.29, 0.717) is 0 Å². The molecule has 0 aliphatic carbocycles. The van der Waals surface area contributed by atoms with Gasteiger partial charge in [0.2, 0.25) is 0 Å². The van der Waals surface area contributed by atoms with Gasteiger partial charge in [0.15, 0.2) is 0 Å². The van der Waals surface area contributed by atoms with Crippen molar-refractivity contribution in [3.05, 3.63) is 0 Å². The van der Waals surface area contributed by atoms with Crippen molar-refractivity contribution in [1.82, 2.24) is 10.4 Å². The van der Waals surface area contributed by atoms with Gasteiger partial charge >= 0.3 is 0 Å². The van der Waals surface area contributed by atoms with Crippen molar-refractivity contribution < 1.29 is 0 Å². The molecule has 0 amide bonds. The zero-order valence-electron chi connectivity index (χ0n) is 7.93. The lowest BCUT2D eigenvalue weighted by Crippen LogP contribution is -2.46. The first-order valence-corrected chi connectivity index (χ1v) is 4.72. The van der Waals surface area contributed by atoms with Crippen LogP contribution < -0.4 is 5.43 Å². The van der Waals surface area contributed by atoms with E-state index in [-0.39, 0.29) is 0 Å². The Morgan fingerprint density at radius 3 is 2.64 bits per heavy atom. The average Bonchev–Trinajstić information content (AvgIpc) is 1.98. The summed E-state index contributed by atoms with van der Waals surface area (Å²) in [7, 11) is 0. The maximum absolute atomic E-state index is 3.37. The first-order valence-electron chi connectivity index (χ1n) is 4.72. The molecular weight excluding hydrogens is 136 g/mol. The van der Waals surface area contributed by atoms with Gasteiger partial charge in [-0.15, -0.1) is 0 Å². The minimum Gasteiger partial charge on any atom is -0.255 e. The van der Waals surface area contributed by atoms with E-state index >= 15 is 0 Å². The average molecular weight is 156 g/mol. The molecule has 0 spiro atoms. The predicted octanol–water partition coefficient (Wildman–Crippen LogP) is 1.49. The summed E-state index contributed by atoms with van der Waals surface area (Å²) in [6, 6.07) is 0. The molecular formula is C9H20N2. The van der Waals surface area contributed by atoms with E-state index in [2.05, 4.69) is 31.2 Å². The van der Waals surface area contributed by atoms with E-state index in [0.717, 1.165) is 18.4 Å². The van der Waals surface area contributed by atoms with Crippen molar-refractivity contribution in [3.63, 3.8) is 0 Å². The zero-order valence-corrected chi connectivity index (χ0v) is 7.93. The highest BCUT2D eigenvalue weighted by molar-refractivity contribution is 4.72. The molecule has 11 heavy (non-hydrogen) atoms. The molecule has 66 valence electrons. The molecule has 0 bridgehead atoms. The van der Waals surface area contributed by atoms with Gasteiger partial charge in [-0.1, -0.05) is 20.8 Å². The fraction of sp³-hybridized carbons (Fsp3) is 1.00. The van der Waals surface area contributed by atoms with Gasteiger partial charge in [0.05, 0.1) is 0 Å². The van der Waals surface area contributed by atoms with Crippen molar-refractivity contribution in [2.75, 3.05) is 19.6 Å². The van der Waals surface area contributed by atoms with Gasteiger partial charge in [0.1, 0.15) is 0 Å². The summed E-state index contributed by atoms with van der Waals surface area (Å²) in [6.07, 6.45) is 1.34. The summed E-state index contributed by atoms with van der Waals surface area (Å²) in [5.41, 5.74) is 3.37. The first-order chi connectivity index (χ1) is 5.24. The Bertz CT molecular complexity index is 114. The van der Waals surface area contributed by atoms with Crippen molar-refractivity contribution >= 4 is 0 Å². The molecule has 0 radical (unpaired) electrons. The van der Waals surface area contributed by atoms with Gasteiger partial charge in [-0.3, -0.25) is 5.43 Å². The van der Waals surface area contributed by atoms with Crippen molar-refractivity contribution in [2.45, 2.75) is 27.2 Å². The van der Waals surface area contributed by atoms with Crippen LogP contribution in [0.5, 0.6) is 0 Å². The highest BCUT2D eigenvalue weighted by atomic mass is 15.5. The summed E-state index contributed by atoms with van der Waals surface area (Å²) in [6.45, 7) is 10.3. The lowest BCUT2D eigenvalue weighted by Gasteiger charge is -2.35. The van der Waals surface area contributed by atoms with E-state index in [4.69, 9.17) is 0 Å². The third kappa shape index (κ3) is 2.46. The number of hydrogen-bond donors (Lipinski definition) is 1. The maximum atomic E-state index is 3.37. The number of nitrogens with zero attached hydrogens (tertiary/aromatic N) is 1. The summed E-state index contributed by atoms with van der Waals surface area (Å²) < 4.78 is 0. The monoisotopic (exact) mass is 156 g/mol. The van der Waals surface area contributed by atoms with Crippen LogP contribution in [0.2, 0.25) is 0 Å². The molecule has 2 nitrogen and oxygen atoms in total. The Labute approximate surface area is 69.9 Å². The summed E-state index contributed by atoms with van der Waals surface area (Å²) >= 11 is 0. The molecule has 1 fully saturated rings. The van der Waals surface area contributed by atoms with Crippen LogP contribution in [0.3, 0.4) is 0 Å². The molecule has 0 saturated carbocycles. The standard InChI is InChI=1S/C9H20N2/c1-4-10-11-6-5-8(2)9(3)7-11/h8-10H,4-7H2,1-3H3/t8-,9-/m0/s1. The van der Waals surface area contributed by atoms with E-state index < -0.39 is 0 Å². The van der Waals surface area contributed by atoms with Crippen molar-refractivity contribution in [2.24, 2.45) is 11.8 Å². The van der Waals surface area contributed by atoms with Gasteiger partial charge in [0, 0.05) is 19.6 Å². The number of rotatable bonds is 2. The molecule has 0 unspecified atom stereocenters. The molecule has 0 aromatic heterocycles. The third-order valence-electron chi connectivity index (χ3n) is 2.72. The second-order valence-corrected chi connectivity index (χ2v) is 3.70. The van der Waals surface area contributed by atoms with Crippen molar-refractivity contribution in [1.29, 1.82) is 0 Å². The van der Waals surface area contributed by atoms with Crippen LogP contribution in [-0.4, -0.2) is 24.6 Å². The Morgan fingerprint density at radius 1 is 1.36 bits per heavy atom. The number of nitrogens with one attached hydrogen (secondary N) is 1. The highest BCUT2D eigenvalue weighted by Gasteiger charge is 2.21. The summed E-state index contributed by atoms with van der Waals surface area (Å²) in [4.78, 5) is 0. The molecule has 0 aromatic carbocycles. The van der Waals surface area contributed by atoms with Crippen LogP contribution in [0.1, 0.15) is 27.2 Å². The summed E-state index contributed by atoms with van der Waals surface area (Å²) in [5.74, 6) is 1.76. The minimum absolute atomic E-state index is 0.850. The van der Waals surface area contributed by atoms with Crippen LogP contribution in [0, 0.1) is 11.8 Å². The fourth-order valence-electron chi connectivity index (χ4n) is 1.63. The van der Waals surface area contributed by atoms with Crippen LogP contribution in [-0.2, 0) is 0 Å². The lowest BCUT2D eigenvalue weighted by molar-refractivity contribution is 0.0908. The molecule has 1 saturated heterocycles. The Hall–Kier alpha value is -0.0800. The van der Waals surface area contributed by atoms with Gasteiger partial charge in [-0.05, 0) is 18.3 Å². The Balaban J connectivity index is 2.28. The number of piperidine rings is 1. The smallest absolute Gasteiger partial charge is 0.0159 e. The molecule has 1 rings (SSSR count). The van der Waals surface area contributed by atoms with Gasteiger partial charge < -0.3 is 0 Å². The molecule has 2 heteroatoms. The SMILES string of the molecule is CCNN1CC[C@H](C)[C@@H](C)C1. The zero-order chi connectivity index (χ0) is 8.27. The van der Waals surface area contributed by atoms with E-state index in [1.165, 1.54) is 19.5 Å². The predicted molar refractivity (Wildman–Crippen MR) is 48.2 cm³/mol. The maximum Gasteiger partial charge on any atom is 0.0159 e. The van der Waals surface area contributed by atoms with Crippen LogP contribution >= 0.6 is 0 Å². The highest BCUT2D eigenvalue weighted by Crippen LogP contribution is 2.20. The van der Waals surface area contributed by atoms with Crippen LogP contribution in [0.4, 0.5) is 0 Å².